The first kappa shape index (κ1) is 45.7. The number of primary amides is 1. The lowest BCUT2D eigenvalue weighted by atomic mass is 10.00. The molecule has 50 heavy (non-hydrogen) atoms. The highest BCUT2D eigenvalue weighted by Crippen LogP contribution is 2.10. The molecule has 0 heterocycles. The Bertz CT molecular complexity index is 1200. The van der Waals surface area contributed by atoms with Crippen LogP contribution in [0.15, 0.2) is 0 Å². The van der Waals surface area contributed by atoms with Crippen LogP contribution in [-0.4, -0.2) is 106 Å². The van der Waals surface area contributed by atoms with Gasteiger partial charge < -0.3 is 53.6 Å². The van der Waals surface area contributed by atoms with Gasteiger partial charge in [0.05, 0.1) is 12.6 Å². The summed E-state index contributed by atoms with van der Waals surface area (Å²) in [5, 5.41) is 33.5. The molecule has 0 saturated heterocycles. The molecule has 0 aromatic heterocycles. The van der Waals surface area contributed by atoms with Gasteiger partial charge in [-0.05, 0) is 50.4 Å². The number of nitrogens with two attached hydrogens (primary N) is 2. The number of carboxylic acids is 1. The molecule has 0 aromatic carbocycles. The number of rotatable bonds is 23. The van der Waals surface area contributed by atoms with Crippen molar-refractivity contribution in [3.8, 4) is 0 Å². The molecule has 0 saturated carbocycles. The Morgan fingerprint density at radius 1 is 0.580 bits per heavy atom. The van der Waals surface area contributed by atoms with Crippen molar-refractivity contribution in [2.75, 3.05) is 6.61 Å². The number of carbonyl (C=O) groups is 8. The summed E-state index contributed by atoms with van der Waals surface area (Å²) in [6.45, 7) is 12.7. The number of hydrogen-bond acceptors (Lipinski definition) is 10. The van der Waals surface area contributed by atoms with Gasteiger partial charge in [0.2, 0.25) is 41.4 Å². The van der Waals surface area contributed by atoms with Gasteiger partial charge in [0.25, 0.3) is 0 Å². The summed E-state index contributed by atoms with van der Waals surface area (Å²) < 4.78 is 0. The van der Waals surface area contributed by atoms with Gasteiger partial charge >= 0.3 is 5.97 Å². The van der Waals surface area contributed by atoms with Crippen molar-refractivity contribution in [2.45, 2.75) is 130 Å². The van der Waals surface area contributed by atoms with Gasteiger partial charge in [0, 0.05) is 6.42 Å². The second kappa shape index (κ2) is 22.4. The minimum absolute atomic E-state index is 0.0107. The molecule has 12 N–H and O–H groups in total. The van der Waals surface area contributed by atoms with Gasteiger partial charge in [-0.2, -0.15) is 0 Å². The van der Waals surface area contributed by atoms with Crippen molar-refractivity contribution < 1.29 is 48.6 Å². The number of carboxylic acid groups (broad SMARTS) is 1. The van der Waals surface area contributed by atoms with Gasteiger partial charge in [-0.1, -0.05) is 48.5 Å². The third kappa shape index (κ3) is 16.9. The SMILES string of the molecule is CC[C@H](NC(=O)[C@H](CC(C)C)NC(=O)[C@@H](N)C(C)C)C(=O)N[C@@H](CCC(N)=O)C(=O)N[C@@H](CC(C)C)C(=O)N[C@@H](CO)C(=O)N[C@@H](C)C(=O)O. The Labute approximate surface area is 293 Å². The summed E-state index contributed by atoms with van der Waals surface area (Å²) >= 11 is 0. The van der Waals surface area contributed by atoms with E-state index in [-0.39, 0.29) is 49.9 Å². The highest BCUT2D eigenvalue weighted by molar-refractivity contribution is 5.97. The number of aliphatic hydroxyl groups is 1. The molecule has 0 radical (unpaired) electrons. The lowest BCUT2D eigenvalue weighted by Gasteiger charge is -2.28. The smallest absolute Gasteiger partial charge is 0.325 e. The predicted molar refractivity (Wildman–Crippen MR) is 182 cm³/mol. The van der Waals surface area contributed by atoms with Crippen molar-refractivity contribution in [2.24, 2.45) is 29.2 Å². The van der Waals surface area contributed by atoms with Crippen molar-refractivity contribution in [3.63, 3.8) is 0 Å². The van der Waals surface area contributed by atoms with Crippen LogP contribution in [0.3, 0.4) is 0 Å². The molecule has 7 amide bonds. The molecule has 7 atom stereocenters. The predicted octanol–water partition coefficient (Wildman–Crippen LogP) is -2.26. The van der Waals surface area contributed by atoms with E-state index in [0.717, 1.165) is 0 Å². The zero-order chi connectivity index (χ0) is 38.9. The fraction of sp³-hybridized carbons (Fsp3) is 0.750. The van der Waals surface area contributed by atoms with E-state index in [1.165, 1.54) is 6.92 Å². The van der Waals surface area contributed by atoms with Gasteiger partial charge in [-0.15, -0.1) is 0 Å². The number of carbonyl (C=O) groups excluding carboxylic acids is 7. The molecule has 0 rings (SSSR count). The van der Waals surface area contributed by atoms with Crippen molar-refractivity contribution >= 4 is 47.3 Å². The maximum Gasteiger partial charge on any atom is 0.325 e. The summed E-state index contributed by atoms with van der Waals surface area (Å²) in [6, 6.07) is -8.56. The highest BCUT2D eigenvalue weighted by atomic mass is 16.4. The number of amides is 7. The fourth-order valence-electron chi connectivity index (χ4n) is 4.54. The molecule has 18 heteroatoms. The normalized spacial score (nSPS) is 15.5. The monoisotopic (exact) mass is 714 g/mol. The lowest BCUT2D eigenvalue weighted by Crippen LogP contribution is -2.60. The first-order chi connectivity index (χ1) is 23.1. The van der Waals surface area contributed by atoms with Crippen LogP contribution in [0.1, 0.15) is 87.5 Å². The van der Waals surface area contributed by atoms with Crippen molar-refractivity contribution in [3.05, 3.63) is 0 Å². The highest BCUT2D eigenvalue weighted by Gasteiger charge is 2.33. The van der Waals surface area contributed by atoms with Crippen LogP contribution >= 0.6 is 0 Å². The molecule has 0 aromatic rings. The molecule has 0 bridgehead atoms. The molecule has 0 unspecified atom stereocenters. The minimum atomic E-state index is -1.54. The Morgan fingerprint density at radius 2 is 0.960 bits per heavy atom. The third-order valence-corrected chi connectivity index (χ3v) is 7.60. The van der Waals surface area contributed by atoms with Crippen LogP contribution in [-0.2, 0) is 38.4 Å². The van der Waals surface area contributed by atoms with Crippen LogP contribution in [0.4, 0.5) is 0 Å². The van der Waals surface area contributed by atoms with Gasteiger partial charge in [0.15, 0.2) is 0 Å². The maximum absolute atomic E-state index is 13.5. The Morgan fingerprint density at radius 3 is 1.36 bits per heavy atom. The summed E-state index contributed by atoms with van der Waals surface area (Å²) in [6.07, 6.45) is -0.201. The molecule has 0 aliphatic rings. The van der Waals surface area contributed by atoms with E-state index in [1.807, 2.05) is 13.8 Å². The molecule has 0 aliphatic heterocycles. The van der Waals surface area contributed by atoms with E-state index in [0.29, 0.717) is 0 Å². The number of aliphatic hydroxyl groups excluding tert-OH is 1. The quantitative estimate of drug-likeness (QED) is 0.0539. The molecular weight excluding hydrogens is 656 g/mol. The average Bonchev–Trinajstić information content (AvgIpc) is 3.01. The van der Waals surface area contributed by atoms with Gasteiger partial charge in [-0.25, -0.2) is 0 Å². The molecule has 18 nitrogen and oxygen atoms in total. The average molecular weight is 715 g/mol. The van der Waals surface area contributed by atoms with Crippen molar-refractivity contribution in [1.82, 2.24) is 31.9 Å². The Kier molecular flexibility index (Phi) is 20.5. The fourth-order valence-corrected chi connectivity index (χ4v) is 4.54. The Balaban J connectivity index is 6.03. The zero-order valence-electron chi connectivity index (χ0n) is 30.3. The molecule has 0 spiro atoms. The van der Waals surface area contributed by atoms with Crippen molar-refractivity contribution in [1.29, 1.82) is 0 Å². The number of aliphatic carboxylic acids is 1. The van der Waals surface area contributed by atoms with Crippen LogP contribution in [0.5, 0.6) is 0 Å². The third-order valence-electron chi connectivity index (χ3n) is 7.60. The largest absolute Gasteiger partial charge is 0.480 e. The van der Waals surface area contributed by atoms with E-state index in [4.69, 9.17) is 16.6 Å². The van der Waals surface area contributed by atoms with Crippen LogP contribution in [0.25, 0.3) is 0 Å². The number of hydrogen-bond donors (Lipinski definition) is 10. The van der Waals surface area contributed by atoms with E-state index in [2.05, 4.69) is 31.9 Å². The Hall–Kier alpha value is -4.32. The van der Waals surface area contributed by atoms with E-state index in [1.54, 1.807) is 34.6 Å². The summed E-state index contributed by atoms with van der Waals surface area (Å²) in [7, 11) is 0. The van der Waals surface area contributed by atoms with Gasteiger partial charge in [0.1, 0.15) is 36.3 Å². The summed E-state index contributed by atoms with van der Waals surface area (Å²) in [5.74, 6) is -7.16. The van der Waals surface area contributed by atoms with Gasteiger partial charge in [-0.3, -0.25) is 38.4 Å². The zero-order valence-corrected chi connectivity index (χ0v) is 30.3. The van der Waals surface area contributed by atoms with Crippen LogP contribution < -0.4 is 43.4 Å². The number of nitrogens with one attached hydrogen (secondary N) is 6. The van der Waals surface area contributed by atoms with E-state index >= 15 is 0 Å². The standard InChI is InChI=1S/C32H58N8O10/c1-9-19(36-28(45)22(13-16(4)5)39-31(48)25(34)17(6)7)26(43)37-20(10-11-24(33)42)27(44)38-21(12-15(2)3)29(46)40-23(14-41)30(47)35-18(8)32(49)50/h15-23,25,41H,9-14,34H2,1-8H3,(H2,33,42)(H,35,47)(H,36,45)(H,37,43)(H,38,44)(H,39,48)(H,40,46)(H,49,50)/t18-,19-,20-,21-,22-,23-,25-/m0/s1. The maximum atomic E-state index is 13.5. The lowest BCUT2D eigenvalue weighted by molar-refractivity contribution is -0.142. The molecule has 0 aliphatic carbocycles. The first-order valence-corrected chi connectivity index (χ1v) is 16.8. The summed E-state index contributed by atoms with van der Waals surface area (Å²) in [5.41, 5.74) is 11.2. The van der Waals surface area contributed by atoms with Crippen LogP contribution in [0, 0.1) is 17.8 Å². The topological polar surface area (TPSA) is 301 Å². The second-order valence-corrected chi connectivity index (χ2v) is 13.5. The van der Waals surface area contributed by atoms with E-state index < -0.39 is 96.2 Å². The molecule has 286 valence electrons. The summed E-state index contributed by atoms with van der Waals surface area (Å²) in [4.78, 5) is 101. The minimum Gasteiger partial charge on any atom is -0.480 e. The van der Waals surface area contributed by atoms with E-state index in [9.17, 15) is 43.5 Å². The second-order valence-electron chi connectivity index (χ2n) is 13.5. The molecule has 0 fully saturated rings. The van der Waals surface area contributed by atoms with Crippen LogP contribution in [0.2, 0.25) is 0 Å². The first-order valence-electron chi connectivity index (χ1n) is 16.8. The molecular formula is C32H58N8O10.